The number of benzene rings is 1. The molecule has 2 heterocycles. The van der Waals surface area contributed by atoms with Crippen molar-refractivity contribution in [2.75, 3.05) is 7.11 Å². The molecule has 0 aliphatic carbocycles. The van der Waals surface area contributed by atoms with Gasteiger partial charge in [0.15, 0.2) is 17.4 Å². The molecule has 0 saturated heterocycles. The lowest BCUT2D eigenvalue weighted by molar-refractivity contribution is 0.373. The maximum absolute atomic E-state index is 10.00. The molecule has 2 aromatic heterocycles. The monoisotopic (exact) mass is 256 g/mol. The minimum atomic E-state index is 0.0256. The van der Waals surface area contributed by atoms with E-state index >= 15 is 0 Å². The predicted molar refractivity (Wildman–Crippen MR) is 71.4 cm³/mol. The van der Waals surface area contributed by atoms with Gasteiger partial charge in [-0.25, -0.2) is 4.98 Å². The number of aromatic amines is 1. The van der Waals surface area contributed by atoms with Gasteiger partial charge in [0.05, 0.1) is 12.7 Å². The van der Waals surface area contributed by atoms with Crippen LogP contribution in [0.1, 0.15) is 0 Å². The van der Waals surface area contributed by atoms with Crippen LogP contribution < -0.4 is 4.74 Å². The first-order valence-electron chi connectivity index (χ1n) is 5.73. The summed E-state index contributed by atoms with van der Waals surface area (Å²) < 4.78 is 5.00. The standard InChI is InChI=1S/C14H12N2O3/c1-19-11-5-4-8(7-10(11)17)12-9-3-2-6-15-13(9)16-14(12)18/h2-7,17-18H,1H3,(H,15,16). The third-order valence-corrected chi connectivity index (χ3v) is 3.02. The molecule has 0 radical (unpaired) electrons. The maximum Gasteiger partial charge on any atom is 0.198 e. The minimum absolute atomic E-state index is 0.0256. The van der Waals surface area contributed by atoms with Gasteiger partial charge in [0.2, 0.25) is 0 Å². The number of hydrogen-bond donors (Lipinski definition) is 3. The topological polar surface area (TPSA) is 78.4 Å². The molecular formula is C14H12N2O3. The molecule has 0 amide bonds. The Morgan fingerprint density at radius 1 is 1.21 bits per heavy atom. The number of hydrogen-bond acceptors (Lipinski definition) is 4. The summed E-state index contributed by atoms with van der Waals surface area (Å²) in [6.45, 7) is 0. The number of fused-ring (bicyclic) bond motifs is 1. The third kappa shape index (κ3) is 1.76. The maximum atomic E-state index is 10.00. The summed E-state index contributed by atoms with van der Waals surface area (Å²) in [5.74, 6) is 0.442. The predicted octanol–water partition coefficient (Wildman–Crippen LogP) is 2.65. The number of pyridine rings is 1. The van der Waals surface area contributed by atoms with E-state index in [0.717, 1.165) is 5.39 Å². The quantitative estimate of drug-likeness (QED) is 0.658. The molecule has 0 unspecified atom stereocenters. The summed E-state index contributed by atoms with van der Waals surface area (Å²) in [6.07, 6.45) is 1.65. The molecule has 5 nitrogen and oxygen atoms in total. The van der Waals surface area contributed by atoms with Gasteiger partial charge in [0, 0.05) is 11.6 Å². The van der Waals surface area contributed by atoms with Crippen LogP contribution in [0.5, 0.6) is 17.4 Å². The van der Waals surface area contributed by atoms with E-state index in [4.69, 9.17) is 4.74 Å². The fourth-order valence-corrected chi connectivity index (χ4v) is 2.15. The first kappa shape index (κ1) is 11.4. The Morgan fingerprint density at radius 3 is 2.79 bits per heavy atom. The van der Waals surface area contributed by atoms with Crippen LogP contribution >= 0.6 is 0 Å². The Hall–Kier alpha value is -2.69. The summed E-state index contributed by atoms with van der Waals surface area (Å²) in [5.41, 5.74) is 1.90. The van der Waals surface area contributed by atoms with Gasteiger partial charge in [-0.15, -0.1) is 0 Å². The van der Waals surface area contributed by atoms with Crippen molar-refractivity contribution in [1.82, 2.24) is 9.97 Å². The van der Waals surface area contributed by atoms with Crippen LogP contribution in [0.2, 0.25) is 0 Å². The number of nitrogens with zero attached hydrogens (tertiary/aromatic N) is 1. The van der Waals surface area contributed by atoms with Crippen molar-refractivity contribution in [2.45, 2.75) is 0 Å². The average Bonchev–Trinajstić information content (AvgIpc) is 2.74. The van der Waals surface area contributed by atoms with Crippen LogP contribution in [0.4, 0.5) is 0 Å². The van der Waals surface area contributed by atoms with Gasteiger partial charge in [0.25, 0.3) is 0 Å². The SMILES string of the molecule is COc1ccc(-c2c(O)[nH]c3ncccc23)cc1O. The largest absolute Gasteiger partial charge is 0.504 e. The molecule has 3 aromatic rings. The molecule has 0 spiro atoms. The van der Waals surface area contributed by atoms with Gasteiger partial charge < -0.3 is 19.9 Å². The van der Waals surface area contributed by atoms with E-state index < -0.39 is 0 Å². The Balaban J connectivity index is 2.24. The van der Waals surface area contributed by atoms with Crippen molar-refractivity contribution in [3.8, 4) is 28.5 Å². The number of phenolic OH excluding ortho intramolecular Hbond substituents is 1. The number of methoxy groups -OCH3 is 1. The zero-order chi connectivity index (χ0) is 13.4. The Labute approximate surface area is 109 Å². The van der Waals surface area contributed by atoms with Gasteiger partial charge in [-0.2, -0.15) is 0 Å². The van der Waals surface area contributed by atoms with Crippen LogP contribution in [0.3, 0.4) is 0 Å². The number of H-pyrrole nitrogens is 1. The summed E-state index contributed by atoms with van der Waals surface area (Å²) in [5, 5.41) is 20.6. The smallest absolute Gasteiger partial charge is 0.198 e. The van der Waals surface area contributed by atoms with Gasteiger partial charge in [0.1, 0.15) is 5.65 Å². The first-order valence-corrected chi connectivity index (χ1v) is 5.73. The van der Waals surface area contributed by atoms with E-state index in [1.807, 2.05) is 6.07 Å². The molecule has 0 saturated carbocycles. The molecule has 0 aliphatic rings. The molecule has 3 N–H and O–H groups in total. The Kier molecular flexibility index (Phi) is 2.52. The molecule has 1 aromatic carbocycles. The summed E-state index contributed by atoms with van der Waals surface area (Å²) >= 11 is 0. The Morgan fingerprint density at radius 2 is 2.05 bits per heavy atom. The second-order valence-electron chi connectivity index (χ2n) is 4.13. The van der Waals surface area contributed by atoms with Gasteiger partial charge in [-0.05, 0) is 29.8 Å². The lowest BCUT2D eigenvalue weighted by Crippen LogP contribution is -1.84. The molecular weight excluding hydrogens is 244 g/mol. The summed E-state index contributed by atoms with van der Waals surface area (Å²) in [7, 11) is 1.49. The first-order chi connectivity index (χ1) is 9.20. The average molecular weight is 256 g/mol. The number of ether oxygens (including phenoxy) is 1. The van der Waals surface area contributed by atoms with E-state index in [0.29, 0.717) is 22.5 Å². The van der Waals surface area contributed by atoms with E-state index in [1.54, 1.807) is 30.5 Å². The van der Waals surface area contributed by atoms with Crippen LogP contribution in [-0.4, -0.2) is 27.3 Å². The molecule has 19 heavy (non-hydrogen) atoms. The molecule has 0 fully saturated rings. The van der Waals surface area contributed by atoms with Crippen LogP contribution in [0.15, 0.2) is 36.5 Å². The molecule has 96 valence electrons. The third-order valence-electron chi connectivity index (χ3n) is 3.02. The number of nitrogens with one attached hydrogen (secondary N) is 1. The van der Waals surface area contributed by atoms with Crippen LogP contribution in [0, 0.1) is 0 Å². The zero-order valence-corrected chi connectivity index (χ0v) is 10.2. The van der Waals surface area contributed by atoms with Crippen molar-refractivity contribution in [2.24, 2.45) is 0 Å². The van der Waals surface area contributed by atoms with Crippen molar-refractivity contribution in [3.63, 3.8) is 0 Å². The van der Waals surface area contributed by atoms with E-state index in [2.05, 4.69) is 9.97 Å². The van der Waals surface area contributed by atoms with Crippen LogP contribution in [0.25, 0.3) is 22.2 Å². The van der Waals surface area contributed by atoms with Crippen molar-refractivity contribution >= 4 is 11.0 Å². The summed E-state index contributed by atoms with van der Waals surface area (Å²) in [4.78, 5) is 6.95. The summed E-state index contributed by atoms with van der Waals surface area (Å²) in [6, 6.07) is 8.62. The van der Waals surface area contributed by atoms with Crippen molar-refractivity contribution in [3.05, 3.63) is 36.5 Å². The lowest BCUT2D eigenvalue weighted by atomic mass is 10.0. The van der Waals surface area contributed by atoms with Crippen LogP contribution in [-0.2, 0) is 0 Å². The molecule has 3 rings (SSSR count). The van der Waals surface area contributed by atoms with Crippen molar-refractivity contribution < 1.29 is 14.9 Å². The molecule has 0 aliphatic heterocycles. The minimum Gasteiger partial charge on any atom is -0.504 e. The highest BCUT2D eigenvalue weighted by molar-refractivity contribution is 5.97. The number of phenols is 1. The van der Waals surface area contributed by atoms with Gasteiger partial charge in [-0.1, -0.05) is 6.07 Å². The second kappa shape index (κ2) is 4.20. The fraction of sp³-hybridized carbons (Fsp3) is 0.0714. The normalized spacial score (nSPS) is 10.8. The van der Waals surface area contributed by atoms with E-state index in [-0.39, 0.29) is 11.6 Å². The second-order valence-corrected chi connectivity index (χ2v) is 4.13. The highest BCUT2D eigenvalue weighted by Gasteiger charge is 2.14. The number of aromatic nitrogens is 2. The van der Waals surface area contributed by atoms with E-state index in [9.17, 15) is 10.2 Å². The molecule has 0 atom stereocenters. The number of rotatable bonds is 2. The zero-order valence-electron chi connectivity index (χ0n) is 10.2. The van der Waals surface area contributed by atoms with E-state index in [1.165, 1.54) is 7.11 Å². The number of aromatic hydroxyl groups is 2. The fourth-order valence-electron chi connectivity index (χ4n) is 2.15. The molecule has 0 bridgehead atoms. The molecule has 5 heteroatoms. The Bertz CT molecular complexity index is 750. The van der Waals surface area contributed by atoms with Crippen molar-refractivity contribution in [1.29, 1.82) is 0 Å². The lowest BCUT2D eigenvalue weighted by Gasteiger charge is -2.06. The highest BCUT2D eigenvalue weighted by atomic mass is 16.5. The highest BCUT2D eigenvalue weighted by Crippen LogP contribution is 2.39. The van der Waals surface area contributed by atoms with Gasteiger partial charge in [-0.3, -0.25) is 0 Å². The van der Waals surface area contributed by atoms with Gasteiger partial charge >= 0.3 is 0 Å².